The SMILES string of the molecule is COC(=O)C1=NN(c2ccc(C)cc2)[C@H](C#N)C1. The van der Waals surface area contributed by atoms with Crippen LogP contribution in [-0.4, -0.2) is 24.8 Å². The van der Waals surface area contributed by atoms with Gasteiger partial charge in [0.1, 0.15) is 11.8 Å². The van der Waals surface area contributed by atoms with Crippen LogP contribution in [0.1, 0.15) is 12.0 Å². The fraction of sp³-hybridized carbons (Fsp3) is 0.308. The fourth-order valence-electron chi connectivity index (χ4n) is 1.79. The van der Waals surface area contributed by atoms with E-state index in [0.29, 0.717) is 0 Å². The lowest BCUT2D eigenvalue weighted by molar-refractivity contribution is -0.132. The topological polar surface area (TPSA) is 65.7 Å². The Kier molecular flexibility index (Phi) is 3.28. The molecule has 0 amide bonds. The fourth-order valence-corrected chi connectivity index (χ4v) is 1.79. The number of hydrazone groups is 1. The zero-order chi connectivity index (χ0) is 13.1. The van der Waals surface area contributed by atoms with E-state index in [4.69, 9.17) is 5.26 Å². The summed E-state index contributed by atoms with van der Waals surface area (Å²) in [5, 5.41) is 14.8. The van der Waals surface area contributed by atoms with E-state index in [-0.39, 0.29) is 12.1 Å². The Morgan fingerprint density at radius 1 is 1.50 bits per heavy atom. The Hall–Kier alpha value is -2.35. The highest BCUT2D eigenvalue weighted by Crippen LogP contribution is 2.24. The summed E-state index contributed by atoms with van der Waals surface area (Å²) in [6.45, 7) is 1.98. The minimum Gasteiger partial charge on any atom is -0.464 e. The van der Waals surface area contributed by atoms with E-state index in [1.54, 1.807) is 5.01 Å². The van der Waals surface area contributed by atoms with E-state index in [1.165, 1.54) is 7.11 Å². The summed E-state index contributed by atoms with van der Waals surface area (Å²) in [5.74, 6) is -0.482. The second-order valence-electron chi connectivity index (χ2n) is 4.07. The summed E-state index contributed by atoms with van der Waals surface area (Å²) in [4.78, 5) is 11.4. The maximum absolute atomic E-state index is 11.4. The summed E-state index contributed by atoms with van der Waals surface area (Å²) in [5.41, 5.74) is 2.21. The van der Waals surface area contributed by atoms with Gasteiger partial charge in [-0.05, 0) is 19.1 Å². The molecule has 5 heteroatoms. The zero-order valence-electron chi connectivity index (χ0n) is 10.3. The standard InChI is InChI=1S/C13H13N3O2/c1-9-3-5-10(6-4-9)16-11(8-14)7-12(15-16)13(17)18-2/h3-6,11H,7H2,1-2H3/t11-/m0/s1. The lowest BCUT2D eigenvalue weighted by Gasteiger charge is -2.17. The van der Waals surface area contributed by atoms with E-state index in [1.807, 2.05) is 31.2 Å². The van der Waals surface area contributed by atoms with Crippen molar-refractivity contribution in [1.29, 1.82) is 5.26 Å². The van der Waals surface area contributed by atoms with Gasteiger partial charge in [-0.2, -0.15) is 10.4 Å². The number of carbonyl (C=O) groups excluding carboxylic acids is 1. The van der Waals surface area contributed by atoms with Crippen LogP contribution in [0.3, 0.4) is 0 Å². The van der Waals surface area contributed by atoms with Crippen molar-refractivity contribution in [1.82, 2.24) is 0 Å². The van der Waals surface area contributed by atoms with Crippen molar-refractivity contribution in [3.63, 3.8) is 0 Å². The maximum Gasteiger partial charge on any atom is 0.354 e. The molecule has 2 rings (SSSR count). The number of aryl methyl sites for hydroxylation is 1. The number of nitriles is 1. The van der Waals surface area contributed by atoms with Gasteiger partial charge in [-0.15, -0.1) is 0 Å². The van der Waals surface area contributed by atoms with E-state index >= 15 is 0 Å². The van der Waals surface area contributed by atoms with E-state index in [2.05, 4.69) is 15.9 Å². The molecule has 1 aliphatic rings. The third-order valence-corrected chi connectivity index (χ3v) is 2.78. The first-order chi connectivity index (χ1) is 8.65. The number of anilines is 1. The molecular formula is C13H13N3O2. The molecule has 0 radical (unpaired) electrons. The van der Waals surface area contributed by atoms with Crippen LogP contribution in [0, 0.1) is 18.3 Å². The molecule has 0 N–H and O–H groups in total. The molecule has 1 aromatic carbocycles. The van der Waals surface area contributed by atoms with Crippen molar-refractivity contribution in [2.45, 2.75) is 19.4 Å². The van der Waals surface area contributed by atoms with Crippen LogP contribution in [0.25, 0.3) is 0 Å². The van der Waals surface area contributed by atoms with Gasteiger partial charge in [-0.25, -0.2) is 9.80 Å². The molecule has 0 spiro atoms. The van der Waals surface area contributed by atoms with Crippen molar-refractivity contribution in [3.05, 3.63) is 29.8 Å². The summed E-state index contributed by atoms with van der Waals surface area (Å²) in [6.07, 6.45) is 0.289. The molecule has 0 aliphatic carbocycles. The van der Waals surface area contributed by atoms with Crippen LogP contribution in [0.4, 0.5) is 5.69 Å². The summed E-state index contributed by atoms with van der Waals surface area (Å²) in [6, 6.07) is 9.32. The van der Waals surface area contributed by atoms with E-state index in [0.717, 1.165) is 11.3 Å². The first-order valence-electron chi connectivity index (χ1n) is 5.57. The minimum absolute atomic E-state index is 0.282. The largest absolute Gasteiger partial charge is 0.464 e. The molecule has 1 heterocycles. The molecular weight excluding hydrogens is 230 g/mol. The average Bonchev–Trinajstić information content (AvgIpc) is 2.83. The Bertz CT molecular complexity index is 528. The Labute approximate surface area is 105 Å². The second kappa shape index (κ2) is 4.88. The zero-order valence-corrected chi connectivity index (χ0v) is 10.3. The first kappa shape index (κ1) is 12.1. The molecule has 0 saturated heterocycles. The van der Waals surface area contributed by atoms with Crippen LogP contribution in [0.2, 0.25) is 0 Å². The predicted molar refractivity (Wildman–Crippen MR) is 67.1 cm³/mol. The highest BCUT2D eigenvalue weighted by Gasteiger charge is 2.31. The van der Waals surface area contributed by atoms with Crippen molar-refractivity contribution >= 4 is 17.4 Å². The molecule has 0 aromatic heterocycles. The third-order valence-electron chi connectivity index (χ3n) is 2.78. The predicted octanol–water partition coefficient (Wildman–Crippen LogP) is 1.63. The van der Waals surface area contributed by atoms with Crippen molar-refractivity contribution in [2.24, 2.45) is 5.10 Å². The average molecular weight is 243 g/mol. The van der Waals surface area contributed by atoms with Gasteiger partial charge in [-0.3, -0.25) is 0 Å². The normalized spacial score (nSPS) is 18.2. The molecule has 1 atom stereocenters. The first-order valence-corrected chi connectivity index (χ1v) is 5.57. The molecule has 92 valence electrons. The van der Waals surface area contributed by atoms with Crippen LogP contribution < -0.4 is 5.01 Å². The second-order valence-corrected chi connectivity index (χ2v) is 4.07. The number of hydrogen-bond acceptors (Lipinski definition) is 5. The van der Waals surface area contributed by atoms with E-state index in [9.17, 15) is 4.79 Å². The Morgan fingerprint density at radius 2 is 2.17 bits per heavy atom. The number of ether oxygens (including phenoxy) is 1. The molecule has 1 aromatic rings. The molecule has 1 aliphatic heterocycles. The number of nitrogens with zero attached hydrogens (tertiary/aromatic N) is 3. The van der Waals surface area contributed by atoms with Crippen LogP contribution in [0.5, 0.6) is 0 Å². The van der Waals surface area contributed by atoms with Crippen molar-refractivity contribution < 1.29 is 9.53 Å². The van der Waals surface area contributed by atoms with Crippen LogP contribution in [-0.2, 0) is 9.53 Å². The Morgan fingerprint density at radius 3 is 2.72 bits per heavy atom. The van der Waals surface area contributed by atoms with Gasteiger partial charge in [0.2, 0.25) is 0 Å². The van der Waals surface area contributed by atoms with Gasteiger partial charge in [0.25, 0.3) is 0 Å². The minimum atomic E-state index is -0.482. The number of carbonyl (C=O) groups is 1. The van der Waals surface area contributed by atoms with Crippen LogP contribution in [0.15, 0.2) is 29.4 Å². The molecule has 18 heavy (non-hydrogen) atoms. The smallest absolute Gasteiger partial charge is 0.354 e. The van der Waals surface area contributed by atoms with Gasteiger partial charge in [0, 0.05) is 6.42 Å². The van der Waals surface area contributed by atoms with Gasteiger partial charge in [0.15, 0.2) is 0 Å². The number of rotatable bonds is 2. The summed E-state index contributed by atoms with van der Waals surface area (Å²) in [7, 11) is 1.31. The highest BCUT2D eigenvalue weighted by atomic mass is 16.5. The monoisotopic (exact) mass is 243 g/mol. The molecule has 0 unspecified atom stereocenters. The summed E-state index contributed by atoms with van der Waals surface area (Å²) < 4.78 is 4.62. The van der Waals surface area contributed by atoms with Crippen molar-refractivity contribution in [2.75, 3.05) is 12.1 Å². The Balaban J connectivity index is 2.30. The molecule has 0 bridgehead atoms. The lowest BCUT2D eigenvalue weighted by atomic mass is 10.1. The molecule has 5 nitrogen and oxygen atoms in total. The lowest BCUT2D eigenvalue weighted by Crippen LogP contribution is -2.24. The summed E-state index contributed by atoms with van der Waals surface area (Å²) >= 11 is 0. The number of benzene rings is 1. The molecule has 0 saturated carbocycles. The maximum atomic E-state index is 11.4. The number of hydrogen-bond donors (Lipinski definition) is 0. The van der Waals surface area contributed by atoms with Crippen molar-refractivity contribution in [3.8, 4) is 6.07 Å². The van der Waals surface area contributed by atoms with Gasteiger partial charge >= 0.3 is 5.97 Å². The number of esters is 1. The van der Waals surface area contributed by atoms with Gasteiger partial charge in [0.05, 0.1) is 18.9 Å². The quantitative estimate of drug-likeness (QED) is 0.740. The highest BCUT2D eigenvalue weighted by molar-refractivity contribution is 6.37. The van der Waals surface area contributed by atoms with Gasteiger partial charge < -0.3 is 4.74 Å². The molecule has 0 fully saturated rings. The van der Waals surface area contributed by atoms with Crippen LogP contribution >= 0.6 is 0 Å². The van der Waals surface area contributed by atoms with Gasteiger partial charge in [-0.1, -0.05) is 17.7 Å². The third kappa shape index (κ3) is 2.18. The number of methoxy groups -OCH3 is 1. The van der Waals surface area contributed by atoms with E-state index < -0.39 is 12.0 Å².